The first kappa shape index (κ1) is 17.4. The van der Waals surface area contributed by atoms with Crippen molar-refractivity contribution in [3.63, 3.8) is 0 Å². The predicted molar refractivity (Wildman–Crippen MR) is 113 cm³/mol. The number of nitrogens with two attached hydrogens (primary N) is 1. The van der Waals surface area contributed by atoms with E-state index in [9.17, 15) is 0 Å². The van der Waals surface area contributed by atoms with Gasteiger partial charge in [0, 0.05) is 26.5 Å². The molecule has 3 aromatic carbocycles. The molecule has 0 saturated carbocycles. The van der Waals surface area contributed by atoms with Gasteiger partial charge < -0.3 is 10.6 Å². The fourth-order valence-corrected chi connectivity index (χ4v) is 2.52. The molecule has 0 atom stereocenters. The van der Waals surface area contributed by atoms with E-state index in [-0.39, 0.29) is 0 Å². The molecule has 3 aromatic rings. The van der Waals surface area contributed by atoms with Crippen LogP contribution < -0.4 is 10.6 Å². The zero-order valence-electron chi connectivity index (χ0n) is 15.0. The third-order valence-electron chi connectivity index (χ3n) is 3.91. The maximum absolute atomic E-state index is 6.22. The van der Waals surface area contributed by atoms with Crippen molar-refractivity contribution in [2.24, 2.45) is 9.98 Å². The summed E-state index contributed by atoms with van der Waals surface area (Å²) >= 11 is 0. The van der Waals surface area contributed by atoms with E-state index < -0.39 is 0 Å². The summed E-state index contributed by atoms with van der Waals surface area (Å²) in [6, 6.07) is 23.8. The number of rotatable bonds is 5. The van der Waals surface area contributed by atoms with Crippen LogP contribution in [0, 0.1) is 0 Å². The molecule has 0 bridgehead atoms. The largest absolute Gasteiger partial charge is 0.397 e. The highest BCUT2D eigenvalue weighted by atomic mass is 15.1. The monoisotopic (exact) mass is 342 g/mol. The Kier molecular flexibility index (Phi) is 5.44. The number of aliphatic imine (C=N–C) groups is 2. The molecule has 0 radical (unpaired) electrons. The van der Waals surface area contributed by atoms with Crippen LogP contribution >= 0.6 is 0 Å². The molecule has 0 aliphatic carbocycles. The van der Waals surface area contributed by atoms with Crippen LogP contribution in [-0.2, 0) is 0 Å². The number of hydrogen-bond acceptors (Lipinski definition) is 4. The van der Waals surface area contributed by atoms with E-state index in [0.29, 0.717) is 5.69 Å². The van der Waals surface area contributed by atoms with Crippen molar-refractivity contribution in [2.75, 3.05) is 24.7 Å². The second-order valence-corrected chi connectivity index (χ2v) is 6.13. The molecule has 4 heteroatoms. The zero-order valence-corrected chi connectivity index (χ0v) is 15.0. The van der Waals surface area contributed by atoms with Crippen molar-refractivity contribution in [3.8, 4) is 0 Å². The number of nitrogen functional groups attached to an aromatic ring is 1. The Labute approximate surface area is 154 Å². The lowest BCUT2D eigenvalue weighted by Crippen LogP contribution is -2.09. The normalized spacial score (nSPS) is 11.3. The van der Waals surface area contributed by atoms with Gasteiger partial charge in [0.2, 0.25) is 0 Å². The average Bonchev–Trinajstić information content (AvgIpc) is 2.67. The van der Waals surface area contributed by atoms with Gasteiger partial charge in [-0.1, -0.05) is 60.7 Å². The second-order valence-electron chi connectivity index (χ2n) is 6.13. The van der Waals surface area contributed by atoms with Gasteiger partial charge in [-0.15, -0.1) is 0 Å². The number of hydrogen-bond donors (Lipinski definition) is 1. The Morgan fingerprint density at radius 1 is 0.731 bits per heavy atom. The van der Waals surface area contributed by atoms with E-state index in [1.807, 2.05) is 104 Å². The summed E-state index contributed by atoms with van der Waals surface area (Å²) in [4.78, 5) is 11.2. The van der Waals surface area contributed by atoms with Gasteiger partial charge in [-0.3, -0.25) is 9.98 Å². The van der Waals surface area contributed by atoms with Crippen LogP contribution in [0.25, 0.3) is 0 Å². The number of benzene rings is 3. The molecule has 4 nitrogen and oxygen atoms in total. The number of nitrogens with zero attached hydrogens (tertiary/aromatic N) is 3. The molecule has 2 N–H and O–H groups in total. The van der Waals surface area contributed by atoms with Gasteiger partial charge in [-0.2, -0.15) is 0 Å². The van der Waals surface area contributed by atoms with Crippen molar-refractivity contribution < 1.29 is 0 Å². The van der Waals surface area contributed by atoms with Gasteiger partial charge in [0.15, 0.2) is 0 Å². The van der Waals surface area contributed by atoms with Gasteiger partial charge in [-0.05, 0) is 23.3 Å². The maximum Gasteiger partial charge on any atom is 0.0885 e. The molecule has 0 aliphatic rings. The molecule has 0 heterocycles. The summed E-state index contributed by atoms with van der Waals surface area (Å²) in [7, 11) is 3.97. The van der Waals surface area contributed by atoms with Crippen molar-refractivity contribution in [3.05, 3.63) is 83.9 Å². The van der Waals surface area contributed by atoms with Crippen LogP contribution in [0.15, 0.2) is 82.8 Å². The third-order valence-corrected chi connectivity index (χ3v) is 3.91. The lowest BCUT2D eigenvalue weighted by atomic mass is 10.2. The molecule has 0 unspecified atom stereocenters. The molecule has 0 aromatic heterocycles. The highest BCUT2D eigenvalue weighted by molar-refractivity contribution is 5.89. The lowest BCUT2D eigenvalue weighted by Gasteiger charge is -2.17. The summed E-state index contributed by atoms with van der Waals surface area (Å²) in [5.41, 5.74) is 11.4. The van der Waals surface area contributed by atoms with E-state index >= 15 is 0 Å². The summed E-state index contributed by atoms with van der Waals surface area (Å²) in [5, 5.41) is 0. The molecule has 0 amide bonds. The Morgan fingerprint density at radius 3 is 1.73 bits per heavy atom. The molecule has 0 aliphatic heterocycles. The minimum atomic E-state index is 0.600. The van der Waals surface area contributed by atoms with Crippen LogP contribution in [0.1, 0.15) is 11.1 Å². The van der Waals surface area contributed by atoms with Gasteiger partial charge >= 0.3 is 0 Å². The summed E-state index contributed by atoms with van der Waals surface area (Å²) in [6.45, 7) is 0. The van der Waals surface area contributed by atoms with E-state index in [4.69, 9.17) is 5.73 Å². The second kappa shape index (κ2) is 8.12. The smallest absolute Gasteiger partial charge is 0.0885 e. The van der Waals surface area contributed by atoms with E-state index in [1.54, 1.807) is 0 Å². The highest BCUT2D eigenvalue weighted by Crippen LogP contribution is 2.36. The van der Waals surface area contributed by atoms with E-state index in [2.05, 4.69) is 9.98 Å². The Bertz CT molecular complexity index is 914. The van der Waals surface area contributed by atoms with Gasteiger partial charge in [-0.25, -0.2) is 0 Å². The molecule has 3 rings (SSSR count). The third kappa shape index (κ3) is 4.36. The van der Waals surface area contributed by atoms with Gasteiger partial charge in [0.25, 0.3) is 0 Å². The Balaban J connectivity index is 1.93. The summed E-state index contributed by atoms with van der Waals surface area (Å²) in [5.74, 6) is 0. The first-order valence-corrected chi connectivity index (χ1v) is 8.42. The van der Waals surface area contributed by atoms with E-state index in [1.165, 1.54) is 0 Å². The van der Waals surface area contributed by atoms with Crippen LogP contribution in [0.3, 0.4) is 0 Å². The first-order valence-electron chi connectivity index (χ1n) is 8.42. The number of anilines is 2. The SMILES string of the molecule is CN(C)c1cc(N=Cc2ccccc2)c(N)cc1N=Cc1ccccc1. The summed E-state index contributed by atoms with van der Waals surface area (Å²) in [6.07, 6.45) is 3.66. The van der Waals surface area contributed by atoms with Crippen molar-refractivity contribution >= 4 is 35.2 Å². The topological polar surface area (TPSA) is 54.0 Å². The Hall–Kier alpha value is -3.40. The fraction of sp³-hybridized carbons (Fsp3) is 0.0909. The minimum absolute atomic E-state index is 0.600. The van der Waals surface area contributed by atoms with Crippen LogP contribution in [0.4, 0.5) is 22.7 Å². The van der Waals surface area contributed by atoms with Crippen molar-refractivity contribution in [1.29, 1.82) is 0 Å². The van der Waals surface area contributed by atoms with Crippen LogP contribution in [0.2, 0.25) is 0 Å². The predicted octanol–water partition coefficient (Wildman–Crippen LogP) is 4.84. The first-order chi connectivity index (χ1) is 12.6. The zero-order chi connectivity index (χ0) is 18.4. The molecular formula is C22H22N4. The molecule has 0 spiro atoms. The van der Waals surface area contributed by atoms with Gasteiger partial charge in [0.1, 0.15) is 0 Å². The van der Waals surface area contributed by atoms with Crippen molar-refractivity contribution in [2.45, 2.75) is 0 Å². The van der Waals surface area contributed by atoms with Crippen molar-refractivity contribution in [1.82, 2.24) is 0 Å². The van der Waals surface area contributed by atoms with Crippen LogP contribution in [0.5, 0.6) is 0 Å². The van der Waals surface area contributed by atoms with E-state index in [0.717, 1.165) is 28.2 Å². The Morgan fingerprint density at radius 2 is 1.23 bits per heavy atom. The minimum Gasteiger partial charge on any atom is -0.397 e. The average molecular weight is 342 g/mol. The molecule has 26 heavy (non-hydrogen) atoms. The lowest BCUT2D eigenvalue weighted by molar-refractivity contribution is 1.13. The molecule has 0 fully saturated rings. The molecular weight excluding hydrogens is 320 g/mol. The molecule has 0 saturated heterocycles. The standard InChI is InChI=1S/C22H22N4/c1-26(2)22-14-20(24-15-17-9-5-3-6-10-17)19(23)13-21(22)25-16-18-11-7-4-8-12-18/h3-16H,23H2,1-2H3. The molecule has 130 valence electrons. The van der Waals surface area contributed by atoms with Gasteiger partial charge in [0.05, 0.1) is 22.7 Å². The summed E-state index contributed by atoms with van der Waals surface area (Å²) < 4.78 is 0. The highest BCUT2D eigenvalue weighted by Gasteiger charge is 2.08. The fourth-order valence-electron chi connectivity index (χ4n) is 2.52. The quantitative estimate of drug-likeness (QED) is 0.533. The van der Waals surface area contributed by atoms with Crippen LogP contribution in [-0.4, -0.2) is 26.5 Å². The maximum atomic E-state index is 6.22.